The minimum absolute atomic E-state index is 0.336. The first kappa shape index (κ1) is 12.6. The summed E-state index contributed by atoms with van der Waals surface area (Å²) in [5.41, 5.74) is 2.77. The van der Waals surface area contributed by atoms with Gasteiger partial charge in [0.05, 0.1) is 17.8 Å². The largest absolute Gasteiger partial charge is 0.478 e. The quantitative estimate of drug-likeness (QED) is 0.906. The Balaban J connectivity index is 1.65. The highest BCUT2D eigenvalue weighted by molar-refractivity contribution is 5.87. The van der Waals surface area contributed by atoms with E-state index in [1.807, 2.05) is 6.07 Å². The fourth-order valence-electron chi connectivity index (χ4n) is 3.03. The Hall–Kier alpha value is -1.39. The molecule has 2 unspecified atom stereocenters. The molecular weight excluding hydrogens is 242 g/mol. The van der Waals surface area contributed by atoms with E-state index in [0.717, 1.165) is 38.0 Å². The number of fused-ring (bicyclic) bond motifs is 1. The first-order chi connectivity index (χ1) is 9.11. The first-order valence-corrected chi connectivity index (χ1v) is 6.85. The predicted octanol–water partition coefficient (Wildman–Crippen LogP) is 2.27. The van der Waals surface area contributed by atoms with Crippen LogP contribution in [-0.4, -0.2) is 34.7 Å². The van der Waals surface area contributed by atoms with Gasteiger partial charge >= 0.3 is 5.97 Å². The number of rotatable bonds is 3. The maximum Gasteiger partial charge on any atom is 0.335 e. The number of hydrogen-bond donors (Lipinski definition) is 1. The molecule has 2 aliphatic rings. The fraction of sp³-hybridized carbons (Fsp3) is 0.533. The van der Waals surface area contributed by atoms with E-state index in [1.165, 1.54) is 5.56 Å². The minimum Gasteiger partial charge on any atom is -0.478 e. The molecular formula is C15H19NO3. The molecule has 0 radical (unpaired) electrons. The summed E-state index contributed by atoms with van der Waals surface area (Å²) in [4.78, 5) is 13.3. The molecule has 3 rings (SSSR count). The Morgan fingerprint density at radius 2 is 2.16 bits per heavy atom. The van der Waals surface area contributed by atoms with Gasteiger partial charge in [-0.2, -0.15) is 0 Å². The van der Waals surface area contributed by atoms with E-state index in [0.29, 0.717) is 17.8 Å². The van der Waals surface area contributed by atoms with Gasteiger partial charge in [0.1, 0.15) is 0 Å². The Labute approximate surface area is 113 Å². The number of carboxylic acids is 1. The van der Waals surface area contributed by atoms with Crippen molar-refractivity contribution in [3.8, 4) is 0 Å². The average Bonchev–Trinajstić information content (AvgIpc) is 2.94. The van der Waals surface area contributed by atoms with Gasteiger partial charge in [-0.15, -0.1) is 0 Å². The van der Waals surface area contributed by atoms with Crippen molar-refractivity contribution in [2.75, 3.05) is 6.54 Å². The van der Waals surface area contributed by atoms with E-state index in [4.69, 9.17) is 9.84 Å². The molecule has 0 saturated carbocycles. The number of carboxylic acid groups (broad SMARTS) is 1. The van der Waals surface area contributed by atoms with Crippen molar-refractivity contribution in [1.82, 2.24) is 4.90 Å². The molecule has 102 valence electrons. The summed E-state index contributed by atoms with van der Waals surface area (Å²) in [5.74, 6) is -0.853. The van der Waals surface area contributed by atoms with Gasteiger partial charge in [-0.25, -0.2) is 4.79 Å². The lowest BCUT2D eigenvalue weighted by atomic mass is 10.1. The smallest absolute Gasteiger partial charge is 0.335 e. The average molecular weight is 261 g/mol. The molecule has 1 fully saturated rings. The molecule has 1 N–H and O–H groups in total. The molecule has 0 aliphatic carbocycles. The van der Waals surface area contributed by atoms with E-state index in [1.54, 1.807) is 12.1 Å². The Morgan fingerprint density at radius 3 is 2.84 bits per heavy atom. The highest BCUT2D eigenvalue weighted by Gasteiger charge is 2.27. The van der Waals surface area contributed by atoms with Crippen LogP contribution in [0.25, 0.3) is 0 Å². The number of benzene rings is 1. The fourth-order valence-corrected chi connectivity index (χ4v) is 3.03. The number of nitrogens with zero attached hydrogens (tertiary/aromatic N) is 1. The summed E-state index contributed by atoms with van der Waals surface area (Å²) in [6.07, 6.45) is 3.00. The lowest BCUT2D eigenvalue weighted by molar-refractivity contribution is 0.0306. The van der Waals surface area contributed by atoms with Gasteiger partial charge in [-0.3, -0.25) is 4.90 Å². The molecule has 0 bridgehead atoms. The minimum atomic E-state index is -0.853. The third-order valence-electron chi connectivity index (χ3n) is 4.02. The van der Waals surface area contributed by atoms with E-state index in [2.05, 4.69) is 11.8 Å². The maximum absolute atomic E-state index is 11.0. The highest BCUT2D eigenvalue weighted by Crippen LogP contribution is 2.27. The van der Waals surface area contributed by atoms with Gasteiger partial charge in [-0.05, 0) is 43.0 Å². The molecule has 2 heterocycles. The van der Waals surface area contributed by atoms with Crippen molar-refractivity contribution in [1.29, 1.82) is 0 Å². The molecule has 4 nitrogen and oxygen atoms in total. The van der Waals surface area contributed by atoms with E-state index in [9.17, 15) is 4.79 Å². The van der Waals surface area contributed by atoms with Crippen molar-refractivity contribution in [2.45, 2.75) is 45.1 Å². The molecule has 4 heteroatoms. The summed E-state index contributed by atoms with van der Waals surface area (Å²) in [7, 11) is 0. The number of carbonyl (C=O) groups is 1. The van der Waals surface area contributed by atoms with E-state index in [-0.39, 0.29) is 0 Å². The van der Waals surface area contributed by atoms with Crippen LogP contribution in [0.2, 0.25) is 0 Å². The second-order valence-electron chi connectivity index (χ2n) is 5.60. The number of hydrogen-bond acceptors (Lipinski definition) is 3. The monoisotopic (exact) mass is 261 g/mol. The topological polar surface area (TPSA) is 49.8 Å². The van der Waals surface area contributed by atoms with Crippen LogP contribution in [-0.2, 0) is 17.8 Å². The highest BCUT2D eigenvalue weighted by atomic mass is 16.5. The Bertz CT molecular complexity index is 500. The lowest BCUT2D eigenvalue weighted by Gasteiger charge is -2.19. The van der Waals surface area contributed by atoms with Crippen molar-refractivity contribution < 1.29 is 14.6 Å². The molecule has 1 aromatic carbocycles. The summed E-state index contributed by atoms with van der Waals surface area (Å²) in [6, 6.07) is 5.44. The van der Waals surface area contributed by atoms with Crippen molar-refractivity contribution in [3.05, 3.63) is 34.9 Å². The zero-order valence-electron chi connectivity index (χ0n) is 11.1. The molecule has 0 aromatic heterocycles. The zero-order valence-corrected chi connectivity index (χ0v) is 11.1. The van der Waals surface area contributed by atoms with Gasteiger partial charge in [0.2, 0.25) is 0 Å². The molecule has 1 saturated heterocycles. The van der Waals surface area contributed by atoms with Crippen molar-refractivity contribution in [2.24, 2.45) is 0 Å². The molecule has 19 heavy (non-hydrogen) atoms. The Kier molecular flexibility index (Phi) is 3.29. The van der Waals surface area contributed by atoms with E-state index >= 15 is 0 Å². The third-order valence-corrected chi connectivity index (χ3v) is 4.02. The SMILES string of the molecule is CC1CCC(CN2Cc3ccc(C(=O)O)cc3C2)O1. The Morgan fingerprint density at radius 1 is 1.37 bits per heavy atom. The van der Waals surface area contributed by atoms with Gasteiger partial charge < -0.3 is 9.84 Å². The normalized spacial score (nSPS) is 26.6. The second kappa shape index (κ2) is 4.94. The maximum atomic E-state index is 11.0. The van der Waals surface area contributed by atoms with Crippen LogP contribution >= 0.6 is 0 Å². The van der Waals surface area contributed by atoms with Crippen LogP contribution in [0.15, 0.2) is 18.2 Å². The standard InChI is InChI=1S/C15H19NO3/c1-10-2-5-14(19-10)9-16-7-12-4-3-11(15(17)18)6-13(12)8-16/h3-4,6,10,14H,2,5,7-9H2,1H3,(H,17,18). The van der Waals surface area contributed by atoms with E-state index < -0.39 is 5.97 Å². The molecule has 2 aliphatic heterocycles. The predicted molar refractivity (Wildman–Crippen MR) is 71.1 cm³/mol. The van der Waals surface area contributed by atoms with Crippen molar-refractivity contribution in [3.63, 3.8) is 0 Å². The molecule has 0 amide bonds. The van der Waals surface area contributed by atoms with Crippen LogP contribution in [0.1, 0.15) is 41.3 Å². The summed E-state index contributed by atoms with van der Waals surface area (Å²) >= 11 is 0. The summed E-state index contributed by atoms with van der Waals surface area (Å²) in [5, 5.41) is 9.01. The summed E-state index contributed by atoms with van der Waals surface area (Å²) in [6.45, 7) is 4.81. The van der Waals surface area contributed by atoms with Gasteiger partial charge in [0.25, 0.3) is 0 Å². The van der Waals surface area contributed by atoms with Crippen LogP contribution in [0.4, 0.5) is 0 Å². The second-order valence-corrected chi connectivity index (χ2v) is 5.60. The molecule has 2 atom stereocenters. The van der Waals surface area contributed by atoms with Crippen molar-refractivity contribution >= 4 is 5.97 Å². The van der Waals surface area contributed by atoms with Crippen LogP contribution in [0, 0.1) is 0 Å². The van der Waals surface area contributed by atoms with Crippen LogP contribution < -0.4 is 0 Å². The van der Waals surface area contributed by atoms with Gasteiger partial charge in [-0.1, -0.05) is 6.07 Å². The lowest BCUT2D eigenvalue weighted by Crippen LogP contribution is -2.28. The zero-order chi connectivity index (χ0) is 13.4. The van der Waals surface area contributed by atoms with Crippen LogP contribution in [0.3, 0.4) is 0 Å². The van der Waals surface area contributed by atoms with Gasteiger partial charge in [0.15, 0.2) is 0 Å². The molecule has 1 aromatic rings. The number of aromatic carboxylic acids is 1. The van der Waals surface area contributed by atoms with Crippen LogP contribution in [0.5, 0.6) is 0 Å². The summed E-state index contributed by atoms with van der Waals surface area (Å²) < 4.78 is 5.85. The van der Waals surface area contributed by atoms with Gasteiger partial charge in [0, 0.05) is 19.6 Å². The molecule has 0 spiro atoms. The first-order valence-electron chi connectivity index (χ1n) is 6.85. The third kappa shape index (κ3) is 2.65. The number of ether oxygens (including phenoxy) is 1.